The minimum Gasteiger partial charge on any atom is -0.456 e. The maximum Gasteiger partial charge on any atom is 0.164 e. The van der Waals surface area contributed by atoms with Crippen LogP contribution in [-0.4, -0.2) is 19.5 Å². The molecule has 11 aromatic rings. The quantitative estimate of drug-likeness (QED) is 0.155. The summed E-state index contributed by atoms with van der Waals surface area (Å²) < 4.78 is 8.78. The van der Waals surface area contributed by atoms with Gasteiger partial charge in [-0.2, -0.15) is 0 Å². The molecule has 0 N–H and O–H groups in total. The van der Waals surface area contributed by atoms with Gasteiger partial charge < -0.3 is 8.98 Å². The van der Waals surface area contributed by atoms with E-state index in [4.69, 9.17) is 19.4 Å². The Hall–Kier alpha value is -7.63. The Morgan fingerprint density at radius 2 is 0.983 bits per heavy atom. The number of furan rings is 1. The highest BCUT2D eigenvalue weighted by atomic mass is 16.3. The van der Waals surface area contributed by atoms with Crippen LogP contribution in [0, 0.1) is 0 Å². The molecule has 8 aromatic carbocycles. The number of rotatable bonds is 8. The molecule has 11 rings (SSSR count). The largest absolute Gasteiger partial charge is 0.456 e. The van der Waals surface area contributed by atoms with Crippen LogP contribution in [0.4, 0.5) is 0 Å². The standard InChI is InChI=1S/C54H38N4O/c1-2-13-37-18-12-23-49-51(37)45-30-28-41(34-50(45)59-49)40-29-31-48-46(33-40)44-21-9-10-22-47(44)58(48)43-20-11-19-42(32-43)54-56-52(38-16-7-4-8-17-38)55-53(57-54)39-26-24-36(25-27-39)35-14-5-3-6-15-35/h3-12,14-34H,2,13H2,1H3. The van der Waals surface area contributed by atoms with Crippen LogP contribution in [0.15, 0.2) is 192 Å². The highest BCUT2D eigenvalue weighted by molar-refractivity contribution is 6.11. The SMILES string of the molecule is CCCc1cccc2oc3cc(-c4ccc5c(c4)c4ccccc4n5-c4cccc(-c5nc(-c6ccccc6)nc(-c6ccc(-c7ccccc7)cc6)n5)c4)ccc3c12. The van der Waals surface area contributed by atoms with E-state index in [0.717, 1.165) is 74.1 Å². The first-order valence-electron chi connectivity index (χ1n) is 20.2. The van der Waals surface area contributed by atoms with E-state index in [1.807, 2.05) is 36.4 Å². The van der Waals surface area contributed by atoms with Crippen molar-refractivity contribution in [1.82, 2.24) is 19.5 Å². The predicted octanol–water partition coefficient (Wildman–Crippen LogP) is 14.2. The third-order valence-electron chi connectivity index (χ3n) is 11.4. The van der Waals surface area contributed by atoms with E-state index in [1.165, 1.54) is 32.7 Å². The molecule has 0 unspecified atom stereocenters. The van der Waals surface area contributed by atoms with Crippen molar-refractivity contribution >= 4 is 43.7 Å². The second kappa shape index (κ2) is 14.4. The average molecular weight is 759 g/mol. The van der Waals surface area contributed by atoms with Crippen molar-refractivity contribution < 1.29 is 4.42 Å². The van der Waals surface area contributed by atoms with E-state index in [0.29, 0.717) is 17.5 Å². The molecule has 0 aliphatic heterocycles. The fourth-order valence-corrected chi connectivity index (χ4v) is 8.56. The van der Waals surface area contributed by atoms with Crippen molar-refractivity contribution in [2.24, 2.45) is 0 Å². The van der Waals surface area contributed by atoms with Crippen molar-refractivity contribution in [3.63, 3.8) is 0 Å². The summed E-state index contributed by atoms with van der Waals surface area (Å²) in [6.07, 6.45) is 2.13. The Balaban J connectivity index is 1.01. The maximum absolute atomic E-state index is 6.44. The zero-order valence-corrected chi connectivity index (χ0v) is 32.5. The van der Waals surface area contributed by atoms with Crippen LogP contribution in [0.1, 0.15) is 18.9 Å². The van der Waals surface area contributed by atoms with Gasteiger partial charge in [0.1, 0.15) is 11.2 Å². The molecule has 0 radical (unpaired) electrons. The summed E-state index contributed by atoms with van der Waals surface area (Å²) in [6, 6.07) is 66.0. The Kier molecular flexibility index (Phi) is 8.44. The summed E-state index contributed by atoms with van der Waals surface area (Å²) in [4.78, 5) is 15.2. The Bertz CT molecular complexity index is 3330. The molecule has 3 heterocycles. The fourth-order valence-electron chi connectivity index (χ4n) is 8.56. The second-order valence-electron chi connectivity index (χ2n) is 15.1. The summed E-state index contributed by atoms with van der Waals surface area (Å²) in [5.74, 6) is 1.88. The van der Waals surface area contributed by atoms with Crippen LogP contribution in [0.25, 0.3) is 106 Å². The molecule has 0 aliphatic carbocycles. The second-order valence-corrected chi connectivity index (χ2v) is 15.1. The van der Waals surface area contributed by atoms with E-state index in [1.54, 1.807) is 0 Å². The summed E-state index contributed by atoms with van der Waals surface area (Å²) >= 11 is 0. The molecule has 3 aromatic heterocycles. The van der Waals surface area contributed by atoms with Gasteiger partial charge in [-0.3, -0.25) is 0 Å². The number of hydrogen-bond donors (Lipinski definition) is 0. The van der Waals surface area contributed by atoms with Gasteiger partial charge in [0.25, 0.3) is 0 Å². The number of aromatic nitrogens is 4. The molecule has 0 aliphatic rings. The first-order valence-corrected chi connectivity index (χ1v) is 20.2. The molecule has 0 amide bonds. The molecule has 0 saturated carbocycles. The molecule has 0 atom stereocenters. The van der Waals surface area contributed by atoms with Crippen LogP contribution in [0.3, 0.4) is 0 Å². The lowest BCUT2D eigenvalue weighted by atomic mass is 9.99. The van der Waals surface area contributed by atoms with E-state index >= 15 is 0 Å². The summed E-state index contributed by atoms with van der Waals surface area (Å²) in [6.45, 7) is 2.22. The molecule has 59 heavy (non-hydrogen) atoms. The first kappa shape index (κ1) is 34.6. The van der Waals surface area contributed by atoms with Crippen LogP contribution in [0.5, 0.6) is 0 Å². The zero-order valence-electron chi connectivity index (χ0n) is 32.5. The number of para-hydroxylation sites is 1. The molecule has 0 bridgehead atoms. The predicted molar refractivity (Wildman–Crippen MR) is 243 cm³/mol. The van der Waals surface area contributed by atoms with Gasteiger partial charge in [0, 0.05) is 43.9 Å². The van der Waals surface area contributed by atoms with Gasteiger partial charge in [0.2, 0.25) is 0 Å². The van der Waals surface area contributed by atoms with Crippen molar-refractivity contribution in [1.29, 1.82) is 0 Å². The minimum absolute atomic E-state index is 0.619. The van der Waals surface area contributed by atoms with E-state index in [-0.39, 0.29) is 0 Å². The van der Waals surface area contributed by atoms with Crippen LogP contribution < -0.4 is 0 Å². The fraction of sp³-hybridized carbons (Fsp3) is 0.0556. The molecular formula is C54H38N4O. The molecule has 0 fully saturated rings. The Morgan fingerprint density at radius 1 is 0.407 bits per heavy atom. The molecule has 280 valence electrons. The average Bonchev–Trinajstić information content (AvgIpc) is 3.85. The van der Waals surface area contributed by atoms with E-state index < -0.39 is 0 Å². The van der Waals surface area contributed by atoms with Gasteiger partial charge in [-0.1, -0.05) is 153 Å². The van der Waals surface area contributed by atoms with Crippen molar-refractivity contribution in [3.05, 3.63) is 194 Å². The number of fused-ring (bicyclic) bond motifs is 6. The topological polar surface area (TPSA) is 56.7 Å². The van der Waals surface area contributed by atoms with Crippen LogP contribution in [0.2, 0.25) is 0 Å². The summed E-state index contributed by atoms with van der Waals surface area (Å²) in [7, 11) is 0. The third kappa shape index (κ3) is 6.16. The lowest BCUT2D eigenvalue weighted by Gasteiger charge is -2.12. The Morgan fingerprint density at radius 3 is 1.76 bits per heavy atom. The van der Waals surface area contributed by atoms with Gasteiger partial charge in [0.05, 0.1) is 11.0 Å². The minimum atomic E-state index is 0.619. The number of benzene rings is 8. The molecule has 0 spiro atoms. The van der Waals surface area contributed by atoms with Gasteiger partial charge in [-0.25, -0.2) is 15.0 Å². The molecule has 5 nitrogen and oxygen atoms in total. The van der Waals surface area contributed by atoms with Gasteiger partial charge >= 0.3 is 0 Å². The smallest absolute Gasteiger partial charge is 0.164 e. The van der Waals surface area contributed by atoms with Crippen LogP contribution in [-0.2, 0) is 6.42 Å². The number of hydrogen-bond acceptors (Lipinski definition) is 4. The normalized spacial score (nSPS) is 11.6. The molecular weight excluding hydrogens is 721 g/mol. The van der Waals surface area contributed by atoms with Crippen molar-refractivity contribution in [2.75, 3.05) is 0 Å². The summed E-state index contributed by atoms with van der Waals surface area (Å²) in [5, 5.41) is 4.79. The van der Waals surface area contributed by atoms with Gasteiger partial charge in [0.15, 0.2) is 17.5 Å². The van der Waals surface area contributed by atoms with E-state index in [2.05, 4.69) is 163 Å². The zero-order chi connectivity index (χ0) is 39.3. The first-order chi connectivity index (χ1) is 29.2. The van der Waals surface area contributed by atoms with Crippen molar-refractivity contribution in [2.45, 2.75) is 19.8 Å². The molecule has 5 heteroatoms. The number of nitrogens with zero attached hydrogens (tertiary/aromatic N) is 4. The highest BCUT2D eigenvalue weighted by Crippen LogP contribution is 2.39. The number of aryl methyl sites for hydroxylation is 1. The summed E-state index contributed by atoms with van der Waals surface area (Å²) in [5.41, 5.74) is 13.9. The highest BCUT2D eigenvalue weighted by Gasteiger charge is 2.18. The van der Waals surface area contributed by atoms with Crippen molar-refractivity contribution in [3.8, 4) is 62.1 Å². The van der Waals surface area contributed by atoms with Crippen LogP contribution >= 0.6 is 0 Å². The van der Waals surface area contributed by atoms with E-state index in [9.17, 15) is 0 Å². The Labute approximate surface area is 341 Å². The maximum atomic E-state index is 6.44. The third-order valence-corrected chi connectivity index (χ3v) is 11.4. The monoisotopic (exact) mass is 758 g/mol. The molecule has 0 saturated heterocycles. The van der Waals surface area contributed by atoms with Gasteiger partial charge in [-0.15, -0.1) is 0 Å². The lowest BCUT2D eigenvalue weighted by molar-refractivity contribution is 0.668. The van der Waals surface area contributed by atoms with Gasteiger partial charge in [-0.05, 0) is 82.8 Å². The lowest BCUT2D eigenvalue weighted by Crippen LogP contribution is -2.01.